The fraction of sp³-hybridized carbons (Fsp3) is 0.458. The van der Waals surface area contributed by atoms with Crippen LogP contribution in [-0.2, 0) is 11.3 Å². The molecule has 1 atom stereocenters. The number of carbonyl (C=O) groups excluding carboxylic acids is 1. The number of rotatable bonds is 6. The van der Waals surface area contributed by atoms with Gasteiger partial charge in [0.25, 0.3) is 0 Å². The molecule has 2 fully saturated rings. The highest BCUT2D eigenvalue weighted by atomic mass is 16.2. The summed E-state index contributed by atoms with van der Waals surface area (Å²) in [5, 5.41) is 6.78. The van der Waals surface area contributed by atoms with Crippen LogP contribution in [0.3, 0.4) is 0 Å². The Morgan fingerprint density at radius 1 is 1.16 bits per heavy atom. The highest BCUT2D eigenvalue weighted by Gasteiger charge is 2.31. The first kappa shape index (κ1) is 22.1. The van der Waals surface area contributed by atoms with Crippen LogP contribution in [0.25, 0.3) is 0 Å². The maximum atomic E-state index is 12.5. The number of aliphatic imine (C=N–C) groups is 1. The molecule has 0 spiro atoms. The van der Waals surface area contributed by atoms with Gasteiger partial charge < -0.3 is 25.3 Å². The molecule has 2 aromatic rings. The Kier molecular flexibility index (Phi) is 7.21. The SMILES string of the molecule is CCN1CCN(c2cc(CNC(=NC)NC3CC(=O)N(c4ccccc4)C3)ccn2)CC1. The van der Waals surface area contributed by atoms with Gasteiger partial charge in [0.05, 0.1) is 6.04 Å². The van der Waals surface area contributed by atoms with Crippen molar-refractivity contribution in [1.29, 1.82) is 0 Å². The minimum absolute atomic E-state index is 0.0248. The van der Waals surface area contributed by atoms with Crippen LogP contribution in [0.4, 0.5) is 11.5 Å². The molecule has 0 aliphatic carbocycles. The second-order valence-electron chi connectivity index (χ2n) is 8.25. The van der Waals surface area contributed by atoms with Gasteiger partial charge in [-0.2, -0.15) is 0 Å². The summed E-state index contributed by atoms with van der Waals surface area (Å²) in [6, 6.07) is 14.0. The molecule has 2 aliphatic heterocycles. The zero-order valence-corrected chi connectivity index (χ0v) is 19.0. The number of para-hydroxylation sites is 1. The Hall–Kier alpha value is -3.13. The van der Waals surface area contributed by atoms with Crippen molar-refractivity contribution in [2.45, 2.75) is 25.9 Å². The number of hydrogen-bond acceptors (Lipinski definition) is 5. The highest BCUT2D eigenvalue weighted by molar-refractivity contribution is 5.97. The molecular formula is C24H33N7O. The number of pyridine rings is 1. The molecule has 3 heterocycles. The van der Waals surface area contributed by atoms with E-state index in [4.69, 9.17) is 0 Å². The molecule has 1 unspecified atom stereocenters. The van der Waals surface area contributed by atoms with E-state index < -0.39 is 0 Å². The molecule has 1 amide bonds. The van der Waals surface area contributed by atoms with E-state index in [1.165, 1.54) is 0 Å². The summed E-state index contributed by atoms with van der Waals surface area (Å²) < 4.78 is 0. The first-order chi connectivity index (χ1) is 15.7. The lowest BCUT2D eigenvalue weighted by Crippen LogP contribution is -2.46. The third kappa shape index (κ3) is 5.37. The second-order valence-corrected chi connectivity index (χ2v) is 8.25. The lowest BCUT2D eigenvalue weighted by atomic mass is 10.2. The number of hydrogen-bond donors (Lipinski definition) is 2. The van der Waals surface area contributed by atoms with Crippen molar-refractivity contribution in [2.75, 3.05) is 56.1 Å². The Balaban J connectivity index is 1.30. The van der Waals surface area contributed by atoms with Crippen LogP contribution < -0.4 is 20.4 Å². The van der Waals surface area contributed by atoms with Gasteiger partial charge in [-0.1, -0.05) is 25.1 Å². The Morgan fingerprint density at radius 2 is 1.94 bits per heavy atom. The minimum atomic E-state index is 0.0248. The normalized spacial score (nSPS) is 20.0. The number of guanidine groups is 1. The molecular weight excluding hydrogens is 402 g/mol. The standard InChI is InChI=1S/C24H33N7O/c1-3-29-11-13-30(14-12-29)22-15-19(9-10-26-22)17-27-24(25-2)28-20-16-23(32)31(18-20)21-7-5-4-6-8-21/h4-10,15,20H,3,11-14,16-18H2,1-2H3,(H2,25,27,28). The number of nitrogens with zero attached hydrogens (tertiary/aromatic N) is 5. The third-order valence-corrected chi connectivity index (χ3v) is 6.17. The second kappa shape index (κ2) is 10.5. The summed E-state index contributed by atoms with van der Waals surface area (Å²) >= 11 is 0. The smallest absolute Gasteiger partial charge is 0.229 e. The van der Waals surface area contributed by atoms with Crippen LogP contribution in [-0.4, -0.2) is 74.1 Å². The van der Waals surface area contributed by atoms with E-state index >= 15 is 0 Å². The van der Waals surface area contributed by atoms with Crippen molar-refractivity contribution in [3.05, 3.63) is 54.2 Å². The number of nitrogens with one attached hydrogen (secondary N) is 2. The molecule has 32 heavy (non-hydrogen) atoms. The molecule has 1 aromatic heterocycles. The monoisotopic (exact) mass is 435 g/mol. The molecule has 4 rings (SSSR count). The molecule has 1 aromatic carbocycles. The summed E-state index contributed by atoms with van der Waals surface area (Å²) in [6.07, 6.45) is 2.33. The zero-order chi connectivity index (χ0) is 22.3. The number of amides is 1. The highest BCUT2D eigenvalue weighted by Crippen LogP contribution is 2.21. The summed E-state index contributed by atoms with van der Waals surface area (Å²) in [5.74, 6) is 1.86. The summed E-state index contributed by atoms with van der Waals surface area (Å²) in [7, 11) is 1.76. The third-order valence-electron chi connectivity index (χ3n) is 6.17. The molecule has 2 N–H and O–H groups in total. The van der Waals surface area contributed by atoms with Gasteiger partial charge in [0.15, 0.2) is 5.96 Å². The molecule has 2 saturated heterocycles. The van der Waals surface area contributed by atoms with Gasteiger partial charge in [0.2, 0.25) is 5.91 Å². The number of carbonyl (C=O) groups is 1. The maximum absolute atomic E-state index is 12.5. The predicted molar refractivity (Wildman–Crippen MR) is 129 cm³/mol. The Morgan fingerprint density at radius 3 is 2.66 bits per heavy atom. The van der Waals surface area contributed by atoms with Crippen LogP contribution in [0.1, 0.15) is 18.9 Å². The van der Waals surface area contributed by atoms with Crippen LogP contribution >= 0.6 is 0 Å². The van der Waals surface area contributed by atoms with Crippen LogP contribution in [0.15, 0.2) is 53.7 Å². The van der Waals surface area contributed by atoms with Crippen molar-refractivity contribution in [2.24, 2.45) is 4.99 Å². The van der Waals surface area contributed by atoms with Crippen molar-refractivity contribution in [1.82, 2.24) is 20.5 Å². The largest absolute Gasteiger partial charge is 0.354 e. The van der Waals surface area contributed by atoms with E-state index in [-0.39, 0.29) is 11.9 Å². The van der Waals surface area contributed by atoms with Crippen LogP contribution in [0.5, 0.6) is 0 Å². The Bertz CT molecular complexity index is 925. The summed E-state index contributed by atoms with van der Waals surface area (Å²) in [6.45, 7) is 8.77. The maximum Gasteiger partial charge on any atom is 0.229 e. The average Bonchev–Trinajstić information content (AvgIpc) is 3.22. The molecule has 0 bridgehead atoms. The van der Waals surface area contributed by atoms with Crippen molar-refractivity contribution < 1.29 is 4.79 Å². The number of piperazine rings is 1. The number of aromatic nitrogens is 1. The van der Waals surface area contributed by atoms with Gasteiger partial charge in [-0.3, -0.25) is 9.79 Å². The quantitative estimate of drug-likeness (QED) is 0.531. The van der Waals surface area contributed by atoms with E-state index in [1.54, 1.807) is 7.05 Å². The first-order valence-corrected chi connectivity index (χ1v) is 11.4. The van der Waals surface area contributed by atoms with Crippen molar-refractivity contribution >= 4 is 23.4 Å². The van der Waals surface area contributed by atoms with Gasteiger partial charge in [-0.15, -0.1) is 0 Å². The lowest BCUT2D eigenvalue weighted by Gasteiger charge is -2.34. The van der Waals surface area contributed by atoms with E-state index in [2.05, 4.69) is 43.4 Å². The first-order valence-electron chi connectivity index (χ1n) is 11.4. The van der Waals surface area contributed by atoms with E-state index in [1.807, 2.05) is 47.5 Å². The molecule has 0 saturated carbocycles. The van der Waals surface area contributed by atoms with Gasteiger partial charge in [-0.25, -0.2) is 4.98 Å². The van der Waals surface area contributed by atoms with Crippen LogP contribution in [0.2, 0.25) is 0 Å². The minimum Gasteiger partial charge on any atom is -0.354 e. The van der Waals surface area contributed by atoms with E-state index in [9.17, 15) is 4.79 Å². The van der Waals surface area contributed by atoms with Crippen molar-refractivity contribution in [3.63, 3.8) is 0 Å². The molecule has 170 valence electrons. The molecule has 0 radical (unpaired) electrons. The summed E-state index contributed by atoms with van der Waals surface area (Å²) in [5.41, 5.74) is 2.10. The topological polar surface area (TPSA) is 76.1 Å². The summed E-state index contributed by atoms with van der Waals surface area (Å²) in [4.78, 5) is 28.1. The van der Waals surface area contributed by atoms with Crippen molar-refractivity contribution in [3.8, 4) is 0 Å². The van der Waals surface area contributed by atoms with E-state index in [0.29, 0.717) is 25.5 Å². The van der Waals surface area contributed by atoms with E-state index in [0.717, 1.165) is 49.8 Å². The average molecular weight is 436 g/mol. The lowest BCUT2D eigenvalue weighted by molar-refractivity contribution is -0.117. The predicted octanol–water partition coefficient (Wildman–Crippen LogP) is 1.69. The van der Waals surface area contributed by atoms with Gasteiger partial charge in [-0.05, 0) is 36.4 Å². The molecule has 8 nitrogen and oxygen atoms in total. The number of likely N-dealkylation sites (N-methyl/N-ethyl adjacent to an activating group) is 1. The fourth-order valence-corrected chi connectivity index (χ4v) is 4.27. The fourth-order valence-electron chi connectivity index (χ4n) is 4.27. The Labute approximate surface area is 190 Å². The molecule has 2 aliphatic rings. The number of anilines is 2. The van der Waals surface area contributed by atoms with Gasteiger partial charge in [0, 0.05) is 64.6 Å². The van der Waals surface area contributed by atoms with Gasteiger partial charge >= 0.3 is 0 Å². The number of benzene rings is 1. The van der Waals surface area contributed by atoms with Gasteiger partial charge in [0.1, 0.15) is 5.82 Å². The molecule has 8 heteroatoms. The zero-order valence-electron chi connectivity index (χ0n) is 19.0. The van der Waals surface area contributed by atoms with Crippen LogP contribution in [0, 0.1) is 0 Å².